The fraction of sp³-hybridized carbons (Fsp3) is 0.833. The van der Waals surface area contributed by atoms with E-state index in [4.69, 9.17) is 5.73 Å². The van der Waals surface area contributed by atoms with Crippen molar-refractivity contribution in [3.8, 4) is 0 Å². The van der Waals surface area contributed by atoms with E-state index in [0.717, 1.165) is 6.54 Å². The van der Waals surface area contributed by atoms with E-state index in [0.29, 0.717) is 18.4 Å². The summed E-state index contributed by atoms with van der Waals surface area (Å²) in [7, 11) is 0. The maximum atomic E-state index is 10.3. The van der Waals surface area contributed by atoms with Gasteiger partial charge in [0.1, 0.15) is 0 Å². The molecule has 2 atom stereocenters. The second kappa shape index (κ2) is 2.35. The third-order valence-electron chi connectivity index (χ3n) is 1.87. The van der Waals surface area contributed by atoms with E-state index in [-0.39, 0.29) is 5.91 Å². The summed E-state index contributed by atoms with van der Waals surface area (Å²) in [5.41, 5.74) is 5.00. The summed E-state index contributed by atoms with van der Waals surface area (Å²) in [5, 5.41) is 3.16. The zero-order valence-corrected chi connectivity index (χ0v) is 5.55. The number of carbonyl (C=O) groups is 1. The van der Waals surface area contributed by atoms with Gasteiger partial charge >= 0.3 is 0 Å². The Morgan fingerprint density at radius 1 is 1.89 bits per heavy atom. The van der Waals surface area contributed by atoms with E-state index in [1.165, 1.54) is 0 Å². The van der Waals surface area contributed by atoms with Crippen LogP contribution in [-0.4, -0.2) is 18.5 Å². The van der Waals surface area contributed by atoms with Crippen LogP contribution in [-0.2, 0) is 4.79 Å². The normalized spacial score (nSPS) is 33.4. The van der Waals surface area contributed by atoms with Crippen LogP contribution in [0, 0.1) is 5.92 Å². The van der Waals surface area contributed by atoms with Gasteiger partial charge in [0.2, 0.25) is 5.91 Å². The minimum absolute atomic E-state index is 0.187. The molecule has 0 radical (unpaired) electrons. The van der Waals surface area contributed by atoms with E-state index >= 15 is 0 Å². The molecule has 1 aliphatic heterocycles. The van der Waals surface area contributed by atoms with Crippen LogP contribution in [0.4, 0.5) is 0 Å². The molecule has 1 heterocycles. The maximum absolute atomic E-state index is 10.3. The Labute approximate surface area is 54.6 Å². The van der Waals surface area contributed by atoms with Crippen molar-refractivity contribution in [3.05, 3.63) is 0 Å². The lowest BCUT2D eigenvalue weighted by molar-refractivity contribution is -0.119. The van der Waals surface area contributed by atoms with Crippen molar-refractivity contribution in [1.29, 1.82) is 0 Å². The highest BCUT2D eigenvalue weighted by Crippen LogP contribution is 2.15. The Kier molecular flexibility index (Phi) is 1.71. The number of hydrogen-bond acceptors (Lipinski definition) is 2. The molecule has 3 nitrogen and oxygen atoms in total. The molecule has 3 N–H and O–H groups in total. The lowest BCUT2D eigenvalue weighted by Crippen LogP contribution is -2.52. The number of nitrogens with two attached hydrogens (primary N) is 1. The largest absolute Gasteiger partial charge is 0.370 e. The molecule has 1 rings (SSSR count). The first-order valence-corrected chi connectivity index (χ1v) is 3.22. The summed E-state index contributed by atoms with van der Waals surface area (Å²) < 4.78 is 0. The summed E-state index contributed by atoms with van der Waals surface area (Å²) >= 11 is 0. The smallest absolute Gasteiger partial charge is 0.217 e. The van der Waals surface area contributed by atoms with E-state index < -0.39 is 0 Å². The number of hydrogen-bond donors (Lipinski definition) is 2. The second-order valence-corrected chi connectivity index (χ2v) is 2.63. The molecular weight excluding hydrogens is 116 g/mol. The molecule has 0 unspecified atom stereocenters. The van der Waals surface area contributed by atoms with E-state index in [1.54, 1.807) is 0 Å². The van der Waals surface area contributed by atoms with Crippen LogP contribution in [0.5, 0.6) is 0 Å². The monoisotopic (exact) mass is 128 g/mol. The van der Waals surface area contributed by atoms with Gasteiger partial charge in [-0.05, 0) is 12.8 Å². The molecule has 0 saturated carbocycles. The highest BCUT2D eigenvalue weighted by atomic mass is 16.1. The van der Waals surface area contributed by atoms with Gasteiger partial charge in [-0.3, -0.25) is 4.79 Å². The predicted molar refractivity (Wildman–Crippen MR) is 34.8 cm³/mol. The number of rotatable bonds is 2. The van der Waals surface area contributed by atoms with Crippen LogP contribution in [0.1, 0.15) is 13.3 Å². The van der Waals surface area contributed by atoms with Gasteiger partial charge < -0.3 is 11.1 Å². The van der Waals surface area contributed by atoms with Gasteiger partial charge in [0.25, 0.3) is 0 Å². The van der Waals surface area contributed by atoms with Crippen molar-refractivity contribution in [2.45, 2.75) is 19.4 Å². The van der Waals surface area contributed by atoms with Gasteiger partial charge in [0.15, 0.2) is 0 Å². The summed E-state index contributed by atoms with van der Waals surface area (Å²) in [4.78, 5) is 10.3. The molecule has 0 aliphatic carbocycles. The molecule has 0 aromatic carbocycles. The van der Waals surface area contributed by atoms with Gasteiger partial charge in [0.05, 0.1) is 0 Å². The van der Waals surface area contributed by atoms with Crippen LogP contribution in [0.25, 0.3) is 0 Å². The van der Waals surface area contributed by atoms with Gasteiger partial charge in [-0.25, -0.2) is 0 Å². The van der Waals surface area contributed by atoms with Crippen molar-refractivity contribution in [2.75, 3.05) is 6.54 Å². The molecule has 0 aromatic heterocycles. The van der Waals surface area contributed by atoms with Gasteiger partial charge in [-0.2, -0.15) is 0 Å². The van der Waals surface area contributed by atoms with Crippen LogP contribution < -0.4 is 11.1 Å². The molecule has 52 valence electrons. The molecule has 1 amide bonds. The van der Waals surface area contributed by atoms with Crippen molar-refractivity contribution in [1.82, 2.24) is 5.32 Å². The molecule has 3 heteroatoms. The molecule has 9 heavy (non-hydrogen) atoms. The Morgan fingerprint density at radius 3 is 2.67 bits per heavy atom. The Hall–Kier alpha value is -0.570. The number of primary amides is 1. The SMILES string of the molecule is C[C@H]1NC[C@@H]1CC(N)=O. The van der Waals surface area contributed by atoms with Crippen molar-refractivity contribution in [3.63, 3.8) is 0 Å². The Morgan fingerprint density at radius 2 is 2.56 bits per heavy atom. The first-order chi connectivity index (χ1) is 4.20. The van der Waals surface area contributed by atoms with Crippen LogP contribution >= 0.6 is 0 Å². The van der Waals surface area contributed by atoms with Gasteiger partial charge in [-0.15, -0.1) is 0 Å². The third-order valence-corrected chi connectivity index (χ3v) is 1.87. The highest BCUT2D eigenvalue weighted by Gasteiger charge is 2.26. The van der Waals surface area contributed by atoms with Gasteiger partial charge in [0, 0.05) is 19.0 Å². The molecular formula is C6H12N2O. The molecule has 0 spiro atoms. The zero-order valence-electron chi connectivity index (χ0n) is 5.55. The quantitative estimate of drug-likeness (QED) is 0.525. The molecule has 0 bridgehead atoms. The Bertz CT molecular complexity index is 124. The average Bonchev–Trinajstić information content (AvgIpc) is 1.79. The molecule has 1 aliphatic rings. The highest BCUT2D eigenvalue weighted by molar-refractivity contribution is 5.74. The lowest BCUT2D eigenvalue weighted by atomic mass is 9.90. The summed E-state index contributed by atoms with van der Waals surface area (Å²) in [6, 6.07) is 0.484. The van der Waals surface area contributed by atoms with E-state index in [9.17, 15) is 4.79 Å². The third kappa shape index (κ3) is 1.42. The summed E-state index contributed by atoms with van der Waals surface area (Å²) in [6.07, 6.45) is 0.536. The zero-order chi connectivity index (χ0) is 6.85. The lowest BCUT2D eigenvalue weighted by Gasteiger charge is -2.34. The average molecular weight is 128 g/mol. The number of amides is 1. The standard InChI is InChI=1S/C6H12N2O/c1-4-5(3-8-4)2-6(7)9/h4-5,8H,2-3H2,1H3,(H2,7,9)/t4-,5+/m1/s1. The minimum Gasteiger partial charge on any atom is -0.370 e. The van der Waals surface area contributed by atoms with Crippen molar-refractivity contribution in [2.24, 2.45) is 11.7 Å². The fourth-order valence-corrected chi connectivity index (χ4v) is 1.03. The fourth-order valence-electron chi connectivity index (χ4n) is 1.03. The predicted octanol–water partition coefficient (Wildman–Crippen LogP) is -0.530. The molecule has 1 fully saturated rings. The van der Waals surface area contributed by atoms with Crippen LogP contribution in [0.15, 0.2) is 0 Å². The maximum Gasteiger partial charge on any atom is 0.217 e. The summed E-state index contributed by atoms with van der Waals surface area (Å²) in [5.74, 6) is 0.302. The van der Waals surface area contributed by atoms with Gasteiger partial charge in [-0.1, -0.05) is 0 Å². The van der Waals surface area contributed by atoms with Crippen LogP contribution in [0.2, 0.25) is 0 Å². The molecule has 0 aromatic rings. The second-order valence-electron chi connectivity index (χ2n) is 2.63. The van der Waals surface area contributed by atoms with E-state index in [2.05, 4.69) is 12.2 Å². The minimum atomic E-state index is -0.187. The van der Waals surface area contributed by atoms with E-state index in [1.807, 2.05) is 0 Å². The first kappa shape index (κ1) is 6.55. The Balaban J connectivity index is 2.21. The topological polar surface area (TPSA) is 55.1 Å². The van der Waals surface area contributed by atoms with Crippen LogP contribution in [0.3, 0.4) is 0 Å². The first-order valence-electron chi connectivity index (χ1n) is 3.22. The molecule has 1 saturated heterocycles. The van der Waals surface area contributed by atoms with Crippen molar-refractivity contribution < 1.29 is 4.79 Å². The number of carbonyl (C=O) groups excluding carboxylic acids is 1. The summed E-state index contributed by atoms with van der Waals surface area (Å²) in [6.45, 7) is 3.02. The number of nitrogens with one attached hydrogen (secondary N) is 1. The van der Waals surface area contributed by atoms with Crippen molar-refractivity contribution >= 4 is 5.91 Å².